The van der Waals surface area contributed by atoms with E-state index < -0.39 is 21.8 Å². The number of ether oxygens (including phenoxy) is 1. The molecule has 2 aromatic rings. The van der Waals surface area contributed by atoms with Crippen LogP contribution in [0.2, 0.25) is 0 Å². The maximum atomic E-state index is 12.7. The van der Waals surface area contributed by atoms with Crippen LogP contribution in [0.3, 0.4) is 0 Å². The molecule has 6 nitrogen and oxygen atoms in total. The molecule has 0 heterocycles. The molecule has 0 aliphatic heterocycles. The predicted octanol–water partition coefficient (Wildman–Crippen LogP) is 2.87. The third-order valence-electron chi connectivity index (χ3n) is 3.95. The van der Waals surface area contributed by atoms with Gasteiger partial charge in [0.2, 0.25) is 10.0 Å². The lowest BCUT2D eigenvalue weighted by molar-refractivity contribution is -0.113. The van der Waals surface area contributed by atoms with Gasteiger partial charge in [-0.25, -0.2) is 8.42 Å². The van der Waals surface area contributed by atoms with Gasteiger partial charge in [0.1, 0.15) is 11.5 Å². The Kier molecular flexibility index (Phi) is 5.84. The largest absolute Gasteiger partial charge is 0.508 e. The molecule has 0 amide bonds. The lowest BCUT2D eigenvalue weighted by atomic mass is 9.97. The second-order valence-corrected chi connectivity index (χ2v) is 7.59. The fourth-order valence-corrected chi connectivity index (χ4v) is 3.57. The molecule has 0 fully saturated rings. The number of benzene rings is 2. The highest BCUT2D eigenvalue weighted by Gasteiger charge is 2.28. The summed E-state index contributed by atoms with van der Waals surface area (Å²) in [6.45, 7) is 6.82. The van der Waals surface area contributed by atoms with E-state index in [1.165, 1.54) is 44.4 Å². The highest BCUT2D eigenvalue weighted by Crippen LogP contribution is 2.33. The molecule has 2 aromatic carbocycles. The first-order chi connectivity index (χ1) is 12.2. The van der Waals surface area contributed by atoms with E-state index >= 15 is 0 Å². The van der Waals surface area contributed by atoms with Crippen LogP contribution in [0.1, 0.15) is 24.1 Å². The summed E-state index contributed by atoms with van der Waals surface area (Å²) >= 11 is 0. The van der Waals surface area contributed by atoms with Crippen LogP contribution in [0.5, 0.6) is 11.5 Å². The quantitative estimate of drug-likeness (QED) is 0.726. The van der Waals surface area contributed by atoms with Gasteiger partial charge in [-0.3, -0.25) is 4.79 Å². The van der Waals surface area contributed by atoms with Crippen LogP contribution in [0.25, 0.3) is 0 Å². The second-order valence-electron chi connectivity index (χ2n) is 5.87. The van der Waals surface area contributed by atoms with Crippen molar-refractivity contribution in [3.63, 3.8) is 0 Å². The summed E-state index contributed by atoms with van der Waals surface area (Å²) in [6, 6.07) is 9.52. The minimum atomic E-state index is -3.95. The van der Waals surface area contributed by atoms with Crippen molar-refractivity contribution in [3.05, 3.63) is 65.7 Å². The van der Waals surface area contributed by atoms with E-state index in [1.54, 1.807) is 12.1 Å². The number of phenolic OH excluding ortho intramolecular Hbond substituents is 1. The molecule has 138 valence electrons. The summed E-state index contributed by atoms with van der Waals surface area (Å²) in [4.78, 5) is 11.9. The van der Waals surface area contributed by atoms with Crippen molar-refractivity contribution < 1.29 is 23.1 Å². The number of aromatic hydroxyl groups is 1. The lowest BCUT2D eigenvalue weighted by Crippen LogP contribution is -2.31. The fraction of sp³-hybridized carbons (Fsp3) is 0.211. The van der Waals surface area contributed by atoms with E-state index in [2.05, 4.69) is 11.3 Å². The number of carbonyl (C=O) groups excluding carboxylic acids is 1. The number of hydrogen-bond acceptors (Lipinski definition) is 5. The van der Waals surface area contributed by atoms with Gasteiger partial charge in [0, 0.05) is 11.1 Å². The number of aryl methyl sites for hydroxylation is 1. The third kappa shape index (κ3) is 4.30. The van der Waals surface area contributed by atoms with Gasteiger partial charge >= 0.3 is 0 Å². The van der Waals surface area contributed by atoms with Crippen molar-refractivity contribution in [3.8, 4) is 11.5 Å². The molecule has 0 saturated carbocycles. The van der Waals surface area contributed by atoms with Gasteiger partial charge in [-0.05, 0) is 44.2 Å². The van der Waals surface area contributed by atoms with E-state index in [-0.39, 0.29) is 21.8 Å². The summed E-state index contributed by atoms with van der Waals surface area (Å²) < 4.78 is 33.1. The first kappa shape index (κ1) is 19.7. The number of carbonyl (C=O) groups is 1. The average Bonchev–Trinajstić information content (AvgIpc) is 2.60. The van der Waals surface area contributed by atoms with Crippen molar-refractivity contribution in [2.45, 2.75) is 24.8 Å². The van der Waals surface area contributed by atoms with Crippen molar-refractivity contribution in [2.24, 2.45) is 0 Å². The molecule has 0 unspecified atom stereocenters. The zero-order chi connectivity index (χ0) is 19.5. The molecular formula is C19H21NO5S. The Bertz CT molecular complexity index is 933. The van der Waals surface area contributed by atoms with Crippen molar-refractivity contribution in [1.29, 1.82) is 0 Å². The van der Waals surface area contributed by atoms with E-state index in [9.17, 15) is 18.3 Å². The highest BCUT2D eigenvalue weighted by atomic mass is 32.2. The van der Waals surface area contributed by atoms with Crippen LogP contribution in [0.4, 0.5) is 0 Å². The molecule has 7 heteroatoms. The summed E-state index contributed by atoms with van der Waals surface area (Å²) in [5.41, 5.74) is 1.10. The van der Waals surface area contributed by atoms with Crippen LogP contribution in [0.15, 0.2) is 59.5 Å². The molecule has 0 radical (unpaired) electrons. The van der Waals surface area contributed by atoms with Crippen LogP contribution in [-0.4, -0.2) is 26.4 Å². The number of nitrogens with one attached hydrogen (secondary N) is 1. The first-order valence-corrected chi connectivity index (χ1v) is 9.29. The van der Waals surface area contributed by atoms with Crippen LogP contribution >= 0.6 is 0 Å². The predicted molar refractivity (Wildman–Crippen MR) is 98.7 cm³/mol. The van der Waals surface area contributed by atoms with Gasteiger partial charge in [0.25, 0.3) is 0 Å². The monoisotopic (exact) mass is 375 g/mol. The Morgan fingerprint density at radius 3 is 2.35 bits per heavy atom. The summed E-state index contributed by atoms with van der Waals surface area (Å²) in [6.07, 6.45) is 0. The van der Waals surface area contributed by atoms with Crippen LogP contribution in [0, 0.1) is 6.92 Å². The van der Waals surface area contributed by atoms with E-state index in [0.717, 1.165) is 5.56 Å². The van der Waals surface area contributed by atoms with E-state index in [4.69, 9.17) is 4.74 Å². The van der Waals surface area contributed by atoms with Crippen LogP contribution in [-0.2, 0) is 14.8 Å². The number of ketones is 1. The van der Waals surface area contributed by atoms with Gasteiger partial charge in [0.05, 0.1) is 18.0 Å². The summed E-state index contributed by atoms with van der Waals surface area (Å²) in [7, 11) is -2.51. The van der Waals surface area contributed by atoms with Crippen molar-refractivity contribution in [2.75, 3.05) is 7.11 Å². The van der Waals surface area contributed by atoms with Crippen LogP contribution < -0.4 is 9.46 Å². The minimum Gasteiger partial charge on any atom is -0.508 e. The standard InChI is InChI=1S/C19H21NO5S/c1-12-5-8-16(9-6-12)26(23,24)20-19(13(2)14(3)21)17-11-15(25-4)7-10-18(17)22/h5-11,19-20,22H,2H2,1,3-4H3/t19-/m1/s1. The molecule has 0 spiro atoms. The molecule has 0 saturated heterocycles. The summed E-state index contributed by atoms with van der Waals surface area (Å²) in [5.74, 6) is -0.165. The fourth-order valence-electron chi connectivity index (χ4n) is 2.36. The normalized spacial score (nSPS) is 12.4. The molecule has 2 rings (SSSR count). The van der Waals surface area contributed by atoms with Crippen molar-refractivity contribution >= 4 is 15.8 Å². The Morgan fingerprint density at radius 2 is 1.81 bits per heavy atom. The third-order valence-corrected chi connectivity index (χ3v) is 5.39. The maximum absolute atomic E-state index is 12.7. The zero-order valence-corrected chi connectivity index (χ0v) is 15.6. The van der Waals surface area contributed by atoms with E-state index in [0.29, 0.717) is 5.75 Å². The van der Waals surface area contributed by atoms with Gasteiger partial charge in [-0.1, -0.05) is 24.3 Å². The van der Waals surface area contributed by atoms with Crippen molar-refractivity contribution in [1.82, 2.24) is 4.72 Å². The minimum absolute atomic E-state index is 0.00393. The van der Waals surface area contributed by atoms with Gasteiger partial charge in [0.15, 0.2) is 5.78 Å². The van der Waals surface area contributed by atoms with E-state index in [1.807, 2.05) is 6.92 Å². The number of methoxy groups -OCH3 is 1. The smallest absolute Gasteiger partial charge is 0.241 e. The van der Waals surface area contributed by atoms with Gasteiger partial charge in [-0.15, -0.1) is 0 Å². The maximum Gasteiger partial charge on any atom is 0.241 e. The highest BCUT2D eigenvalue weighted by molar-refractivity contribution is 7.89. The number of rotatable bonds is 7. The second kappa shape index (κ2) is 7.72. The Balaban J connectivity index is 2.51. The number of sulfonamides is 1. The molecular weight excluding hydrogens is 354 g/mol. The molecule has 1 atom stereocenters. The van der Waals surface area contributed by atoms with Gasteiger partial charge in [-0.2, -0.15) is 4.72 Å². The number of Topliss-reactive ketones (excluding diaryl/α,β-unsaturated/α-hetero) is 1. The molecule has 0 aliphatic rings. The molecule has 0 bridgehead atoms. The Hall–Kier alpha value is -2.64. The van der Waals surface area contributed by atoms with Gasteiger partial charge < -0.3 is 9.84 Å². The Labute approximate surface area is 153 Å². The molecule has 26 heavy (non-hydrogen) atoms. The topological polar surface area (TPSA) is 92.7 Å². The first-order valence-electron chi connectivity index (χ1n) is 7.81. The average molecular weight is 375 g/mol. The molecule has 0 aliphatic carbocycles. The zero-order valence-electron chi connectivity index (χ0n) is 14.8. The molecule has 2 N–H and O–H groups in total. The Morgan fingerprint density at radius 1 is 1.19 bits per heavy atom. The lowest BCUT2D eigenvalue weighted by Gasteiger charge is -2.21. The summed E-state index contributed by atoms with van der Waals surface area (Å²) in [5, 5.41) is 10.2. The number of hydrogen-bond donors (Lipinski definition) is 2. The molecule has 0 aromatic heterocycles. The number of phenols is 1. The SMILES string of the molecule is C=C(C(C)=O)[C@@H](NS(=O)(=O)c1ccc(C)cc1)c1cc(OC)ccc1O.